The summed E-state index contributed by atoms with van der Waals surface area (Å²) in [7, 11) is 0. The fourth-order valence-electron chi connectivity index (χ4n) is 2.29. The Bertz CT molecular complexity index is 884. The summed E-state index contributed by atoms with van der Waals surface area (Å²) in [4.78, 5) is 20.9. The fraction of sp³-hybridized carbons (Fsp3) is 0.263. The lowest BCUT2D eigenvalue weighted by Gasteiger charge is -2.12. The Balaban J connectivity index is 1.72. The lowest BCUT2D eigenvalue weighted by Crippen LogP contribution is -2.16. The van der Waals surface area contributed by atoms with Gasteiger partial charge < -0.3 is 15.2 Å². The van der Waals surface area contributed by atoms with Crippen LogP contribution in [0.25, 0.3) is 0 Å². The standard InChI is InChI=1S/C19H21N5O2/c1-19(2,3)15-11-16(24-26-15)23-18(25)14-5-4-8-21-17(14)22-12-13-6-9-20-10-7-13/h4-11H,12H2,1-3H3,(H,21,22)(H,23,24,25). The van der Waals surface area contributed by atoms with Crippen molar-refractivity contribution in [3.05, 3.63) is 65.8 Å². The first-order valence-electron chi connectivity index (χ1n) is 8.30. The Kier molecular flexibility index (Phi) is 4.97. The van der Waals surface area contributed by atoms with Gasteiger partial charge in [0.05, 0.1) is 5.56 Å². The van der Waals surface area contributed by atoms with Gasteiger partial charge in [-0.15, -0.1) is 0 Å². The molecule has 0 bridgehead atoms. The third-order valence-corrected chi connectivity index (χ3v) is 3.75. The first kappa shape index (κ1) is 17.6. The lowest BCUT2D eigenvalue weighted by molar-refractivity contribution is 0.102. The molecule has 0 aliphatic carbocycles. The topological polar surface area (TPSA) is 92.9 Å². The summed E-state index contributed by atoms with van der Waals surface area (Å²) in [5.41, 5.74) is 1.30. The first-order valence-corrected chi connectivity index (χ1v) is 8.30. The molecular weight excluding hydrogens is 330 g/mol. The van der Waals surface area contributed by atoms with Crippen molar-refractivity contribution in [2.75, 3.05) is 10.6 Å². The summed E-state index contributed by atoms with van der Waals surface area (Å²) >= 11 is 0. The molecule has 0 unspecified atom stereocenters. The van der Waals surface area contributed by atoms with Crippen molar-refractivity contribution in [3.63, 3.8) is 0 Å². The number of nitrogens with zero attached hydrogens (tertiary/aromatic N) is 3. The van der Waals surface area contributed by atoms with Crippen LogP contribution >= 0.6 is 0 Å². The van der Waals surface area contributed by atoms with Gasteiger partial charge in [-0.3, -0.25) is 9.78 Å². The summed E-state index contributed by atoms with van der Waals surface area (Å²) in [6.07, 6.45) is 5.08. The van der Waals surface area contributed by atoms with Crippen LogP contribution in [0, 0.1) is 0 Å². The van der Waals surface area contributed by atoms with Crippen molar-refractivity contribution in [3.8, 4) is 0 Å². The molecule has 0 aliphatic rings. The Labute approximate surface area is 151 Å². The number of anilines is 2. The van der Waals surface area contributed by atoms with Gasteiger partial charge in [0.1, 0.15) is 11.6 Å². The van der Waals surface area contributed by atoms with E-state index in [9.17, 15) is 4.79 Å². The van der Waals surface area contributed by atoms with Crippen LogP contribution in [0.3, 0.4) is 0 Å². The van der Waals surface area contributed by atoms with E-state index < -0.39 is 0 Å². The Hall–Kier alpha value is -3.22. The van der Waals surface area contributed by atoms with Crippen molar-refractivity contribution >= 4 is 17.5 Å². The van der Waals surface area contributed by atoms with Crippen molar-refractivity contribution < 1.29 is 9.32 Å². The highest BCUT2D eigenvalue weighted by Crippen LogP contribution is 2.25. The molecule has 0 atom stereocenters. The molecular formula is C19H21N5O2. The van der Waals surface area contributed by atoms with Crippen LogP contribution in [0.5, 0.6) is 0 Å². The molecule has 3 heterocycles. The normalized spacial score (nSPS) is 11.2. The third kappa shape index (κ3) is 4.24. The van der Waals surface area contributed by atoms with Crippen LogP contribution < -0.4 is 10.6 Å². The van der Waals surface area contributed by atoms with Gasteiger partial charge in [0, 0.05) is 36.6 Å². The third-order valence-electron chi connectivity index (χ3n) is 3.75. The molecule has 134 valence electrons. The van der Waals surface area contributed by atoms with E-state index in [-0.39, 0.29) is 11.3 Å². The molecule has 26 heavy (non-hydrogen) atoms. The Morgan fingerprint density at radius 2 is 1.92 bits per heavy atom. The molecule has 0 aromatic carbocycles. The number of amides is 1. The second-order valence-electron chi connectivity index (χ2n) is 6.89. The van der Waals surface area contributed by atoms with Gasteiger partial charge in [-0.1, -0.05) is 25.9 Å². The zero-order valence-electron chi connectivity index (χ0n) is 15.0. The molecule has 0 saturated heterocycles. The monoisotopic (exact) mass is 351 g/mol. The van der Waals surface area contributed by atoms with Crippen LogP contribution in [-0.2, 0) is 12.0 Å². The number of hydrogen-bond acceptors (Lipinski definition) is 6. The van der Waals surface area contributed by atoms with Crippen LogP contribution in [-0.4, -0.2) is 21.0 Å². The van der Waals surface area contributed by atoms with E-state index in [2.05, 4.69) is 25.8 Å². The number of nitrogens with one attached hydrogen (secondary N) is 2. The lowest BCUT2D eigenvalue weighted by atomic mass is 9.93. The van der Waals surface area contributed by atoms with Gasteiger partial charge in [-0.05, 0) is 29.8 Å². The minimum Gasteiger partial charge on any atom is -0.365 e. The summed E-state index contributed by atoms with van der Waals surface area (Å²) in [6, 6.07) is 8.97. The summed E-state index contributed by atoms with van der Waals surface area (Å²) in [6.45, 7) is 6.59. The highest BCUT2D eigenvalue weighted by Gasteiger charge is 2.21. The average molecular weight is 351 g/mol. The minimum atomic E-state index is -0.302. The number of hydrogen-bond donors (Lipinski definition) is 2. The highest BCUT2D eigenvalue weighted by atomic mass is 16.5. The fourth-order valence-corrected chi connectivity index (χ4v) is 2.29. The molecule has 0 saturated carbocycles. The summed E-state index contributed by atoms with van der Waals surface area (Å²) in [5, 5.41) is 9.85. The Morgan fingerprint density at radius 3 is 2.62 bits per heavy atom. The predicted molar refractivity (Wildman–Crippen MR) is 99.0 cm³/mol. The van der Waals surface area contributed by atoms with Gasteiger partial charge >= 0.3 is 0 Å². The molecule has 0 radical (unpaired) electrons. The SMILES string of the molecule is CC(C)(C)c1cc(NC(=O)c2cccnc2NCc2ccncc2)no1. The number of carbonyl (C=O) groups excluding carboxylic acids is 1. The molecule has 7 nitrogen and oxygen atoms in total. The molecule has 7 heteroatoms. The molecule has 3 aromatic rings. The maximum atomic E-state index is 12.6. The zero-order chi connectivity index (χ0) is 18.6. The molecule has 3 rings (SSSR count). The minimum absolute atomic E-state index is 0.179. The van der Waals surface area contributed by atoms with Crippen LogP contribution in [0.4, 0.5) is 11.6 Å². The number of carbonyl (C=O) groups is 1. The molecule has 0 aliphatic heterocycles. The second-order valence-corrected chi connectivity index (χ2v) is 6.89. The van der Waals surface area contributed by atoms with Crippen molar-refractivity contribution in [2.45, 2.75) is 32.7 Å². The maximum absolute atomic E-state index is 12.6. The first-order chi connectivity index (χ1) is 12.4. The maximum Gasteiger partial charge on any atom is 0.260 e. The highest BCUT2D eigenvalue weighted by molar-refractivity contribution is 6.07. The van der Waals surface area contributed by atoms with Gasteiger partial charge in [-0.25, -0.2) is 4.98 Å². The van der Waals surface area contributed by atoms with E-state index in [1.54, 1.807) is 36.8 Å². The molecule has 3 aromatic heterocycles. The molecule has 2 N–H and O–H groups in total. The number of rotatable bonds is 5. The van der Waals surface area contributed by atoms with Gasteiger partial charge in [-0.2, -0.15) is 0 Å². The molecule has 1 amide bonds. The molecule has 0 fully saturated rings. The van der Waals surface area contributed by atoms with E-state index >= 15 is 0 Å². The summed E-state index contributed by atoms with van der Waals surface area (Å²) in [5.74, 6) is 1.28. The van der Waals surface area contributed by atoms with E-state index in [0.29, 0.717) is 29.5 Å². The van der Waals surface area contributed by atoms with Crippen molar-refractivity contribution in [2.24, 2.45) is 0 Å². The molecule has 0 spiro atoms. The van der Waals surface area contributed by atoms with E-state index in [0.717, 1.165) is 5.56 Å². The largest absolute Gasteiger partial charge is 0.365 e. The number of aromatic nitrogens is 3. The quantitative estimate of drug-likeness (QED) is 0.729. The van der Waals surface area contributed by atoms with Gasteiger partial charge in [0.25, 0.3) is 5.91 Å². The van der Waals surface area contributed by atoms with Crippen molar-refractivity contribution in [1.82, 2.24) is 15.1 Å². The average Bonchev–Trinajstić information content (AvgIpc) is 3.10. The van der Waals surface area contributed by atoms with Crippen molar-refractivity contribution in [1.29, 1.82) is 0 Å². The van der Waals surface area contributed by atoms with Crippen LogP contribution in [0.1, 0.15) is 42.5 Å². The van der Waals surface area contributed by atoms with Gasteiger partial charge in [0.15, 0.2) is 5.82 Å². The van der Waals surface area contributed by atoms with E-state index in [4.69, 9.17) is 4.52 Å². The second kappa shape index (κ2) is 7.35. The summed E-state index contributed by atoms with van der Waals surface area (Å²) < 4.78 is 5.30. The van der Waals surface area contributed by atoms with E-state index in [1.165, 1.54) is 0 Å². The Morgan fingerprint density at radius 1 is 1.15 bits per heavy atom. The predicted octanol–water partition coefficient (Wildman–Crippen LogP) is 3.63. The van der Waals surface area contributed by atoms with Crippen LogP contribution in [0.2, 0.25) is 0 Å². The number of pyridine rings is 2. The smallest absolute Gasteiger partial charge is 0.260 e. The zero-order valence-corrected chi connectivity index (χ0v) is 15.0. The van der Waals surface area contributed by atoms with Gasteiger partial charge in [0.2, 0.25) is 0 Å². The van der Waals surface area contributed by atoms with Crippen LogP contribution in [0.15, 0.2) is 53.4 Å². The van der Waals surface area contributed by atoms with E-state index in [1.807, 2.05) is 32.9 Å².